The van der Waals surface area contributed by atoms with Gasteiger partial charge in [-0.3, -0.25) is 9.59 Å². The highest BCUT2D eigenvalue weighted by Crippen LogP contribution is 2.37. The van der Waals surface area contributed by atoms with E-state index in [1.165, 1.54) is 12.1 Å². The van der Waals surface area contributed by atoms with Gasteiger partial charge in [0.25, 0.3) is 11.5 Å². The second kappa shape index (κ2) is 9.21. The lowest BCUT2D eigenvalue weighted by atomic mass is 9.85. The molecule has 10 heteroatoms. The van der Waals surface area contributed by atoms with Crippen molar-refractivity contribution in [1.82, 2.24) is 20.0 Å². The number of nitrogens with zero attached hydrogens (tertiary/aromatic N) is 3. The first-order valence-corrected chi connectivity index (χ1v) is 12.2. The first kappa shape index (κ1) is 23.1. The molecule has 1 aromatic carbocycles. The van der Waals surface area contributed by atoms with Crippen LogP contribution in [0.25, 0.3) is 21.8 Å². The number of pyridine rings is 2. The van der Waals surface area contributed by atoms with E-state index in [2.05, 4.69) is 15.5 Å². The van der Waals surface area contributed by atoms with Crippen LogP contribution in [0.2, 0.25) is 15.3 Å². The molecule has 1 fully saturated rings. The summed E-state index contributed by atoms with van der Waals surface area (Å²) in [4.78, 5) is 30.1. The maximum atomic E-state index is 13.6. The molecule has 2 unspecified atom stereocenters. The zero-order valence-corrected chi connectivity index (χ0v) is 20.5. The van der Waals surface area contributed by atoms with Crippen LogP contribution in [0.1, 0.15) is 47.8 Å². The summed E-state index contributed by atoms with van der Waals surface area (Å²) in [5.74, 6) is 0.421. The molecule has 0 saturated heterocycles. The molecule has 4 aromatic rings. The van der Waals surface area contributed by atoms with Gasteiger partial charge in [0.15, 0.2) is 0 Å². The van der Waals surface area contributed by atoms with Crippen molar-refractivity contribution in [3.8, 4) is 0 Å². The highest BCUT2D eigenvalue weighted by Gasteiger charge is 2.28. The van der Waals surface area contributed by atoms with Crippen LogP contribution >= 0.6 is 34.8 Å². The predicted octanol–water partition coefficient (Wildman–Crippen LogP) is 5.97. The molecule has 0 aliphatic heterocycles. The first-order chi connectivity index (χ1) is 16.3. The van der Waals surface area contributed by atoms with Gasteiger partial charge in [0.1, 0.15) is 27.0 Å². The number of carbonyl (C=O) groups is 1. The van der Waals surface area contributed by atoms with Gasteiger partial charge in [-0.2, -0.15) is 0 Å². The summed E-state index contributed by atoms with van der Waals surface area (Å²) < 4.78 is 7.19. The summed E-state index contributed by atoms with van der Waals surface area (Å²) >= 11 is 18.4. The zero-order valence-electron chi connectivity index (χ0n) is 18.3. The van der Waals surface area contributed by atoms with Crippen LogP contribution in [0.4, 0.5) is 0 Å². The summed E-state index contributed by atoms with van der Waals surface area (Å²) in [5, 5.41) is 9.13. The molecule has 1 saturated carbocycles. The summed E-state index contributed by atoms with van der Waals surface area (Å²) in [6.45, 7) is 2.22. The van der Waals surface area contributed by atoms with E-state index >= 15 is 0 Å². The van der Waals surface area contributed by atoms with Gasteiger partial charge >= 0.3 is 0 Å². The molecule has 5 rings (SSSR count). The molecule has 7 nitrogen and oxygen atoms in total. The van der Waals surface area contributed by atoms with Crippen LogP contribution in [0, 0.1) is 12.8 Å². The maximum Gasteiger partial charge on any atom is 0.264 e. The normalized spacial score (nSPS) is 18.5. The minimum Gasteiger partial charge on any atom is -0.360 e. The zero-order chi connectivity index (χ0) is 24.0. The molecule has 1 amide bonds. The summed E-state index contributed by atoms with van der Waals surface area (Å²) in [6.07, 6.45) is 3.50. The predicted molar refractivity (Wildman–Crippen MR) is 133 cm³/mol. The largest absolute Gasteiger partial charge is 0.360 e. The molecule has 0 spiro atoms. The first-order valence-electron chi connectivity index (χ1n) is 11.0. The Kier molecular flexibility index (Phi) is 6.27. The molecular formula is C24H21Cl3N4O3. The lowest BCUT2D eigenvalue weighted by Crippen LogP contribution is -2.34. The average molecular weight is 520 g/mol. The number of amides is 1. The fourth-order valence-electron chi connectivity index (χ4n) is 4.95. The molecule has 34 heavy (non-hydrogen) atoms. The molecule has 176 valence electrons. The molecule has 0 bridgehead atoms. The molecule has 1 N–H and O–H groups in total. The number of aryl methyl sites for hydroxylation is 1. The van der Waals surface area contributed by atoms with Crippen molar-refractivity contribution in [3.05, 3.63) is 67.3 Å². The smallest absolute Gasteiger partial charge is 0.264 e. The third-order valence-corrected chi connectivity index (χ3v) is 7.18. The molecule has 1 aliphatic rings. The van der Waals surface area contributed by atoms with E-state index in [1.807, 2.05) is 16.7 Å². The van der Waals surface area contributed by atoms with Crippen LogP contribution < -0.4 is 10.9 Å². The molecule has 0 radical (unpaired) electrons. The highest BCUT2D eigenvalue weighted by molar-refractivity contribution is 6.37. The Hall–Kier alpha value is -2.61. The second-order valence-electron chi connectivity index (χ2n) is 8.67. The van der Waals surface area contributed by atoms with Crippen LogP contribution in [0.3, 0.4) is 0 Å². The van der Waals surface area contributed by atoms with Crippen molar-refractivity contribution in [1.29, 1.82) is 0 Å². The van der Waals surface area contributed by atoms with Gasteiger partial charge in [0.05, 0.1) is 10.5 Å². The van der Waals surface area contributed by atoms with E-state index in [0.717, 1.165) is 36.6 Å². The number of aromatic nitrogens is 3. The number of carbonyl (C=O) groups excluding carboxylic acids is 1. The molecule has 2 atom stereocenters. The van der Waals surface area contributed by atoms with Gasteiger partial charge in [-0.05, 0) is 56.4 Å². The Balaban J connectivity index is 1.43. The van der Waals surface area contributed by atoms with Crippen LogP contribution in [-0.4, -0.2) is 27.2 Å². The number of fused-ring (bicyclic) bond motifs is 3. The van der Waals surface area contributed by atoms with Crippen LogP contribution in [-0.2, 0) is 0 Å². The van der Waals surface area contributed by atoms with Crippen molar-refractivity contribution in [2.24, 2.45) is 5.92 Å². The fraction of sp³-hybridized carbons (Fsp3) is 0.333. The topological polar surface area (TPSA) is 90.0 Å². The van der Waals surface area contributed by atoms with Crippen molar-refractivity contribution in [2.45, 2.75) is 38.6 Å². The number of hydrogen-bond donors (Lipinski definition) is 1. The Morgan fingerprint density at radius 1 is 1.18 bits per heavy atom. The van der Waals surface area contributed by atoms with Gasteiger partial charge in [-0.15, -0.1) is 0 Å². The molecule has 3 aromatic heterocycles. The SMILES string of the molecule is Cc1onc2c1c(=O)n(C1CCCC(CNC(=O)c3cc(Cl)nc(Cl)c3)C1)c1cccc(Cl)c21. The average Bonchev–Trinajstić information content (AvgIpc) is 3.19. The van der Waals surface area contributed by atoms with E-state index in [0.29, 0.717) is 33.8 Å². The van der Waals surface area contributed by atoms with Gasteiger partial charge in [-0.25, -0.2) is 4.98 Å². The lowest BCUT2D eigenvalue weighted by molar-refractivity contribution is 0.0940. The number of rotatable bonds is 4. The Labute approximate surface area is 210 Å². The van der Waals surface area contributed by atoms with E-state index in [-0.39, 0.29) is 33.7 Å². The second-order valence-corrected chi connectivity index (χ2v) is 9.85. The monoisotopic (exact) mass is 518 g/mol. The molecular weight excluding hydrogens is 499 g/mol. The van der Waals surface area contributed by atoms with Crippen LogP contribution in [0.15, 0.2) is 39.6 Å². The third kappa shape index (κ3) is 4.17. The van der Waals surface area contributed by atoms with Gasteiger partial charge < -0.3 is 14.4 Å². The third-order valence-electron chi connectivity index (χ3n) is 6.48. The standard InChI is InChI=1S/C24H21Cl3N4O3/c1-12-20-22(30-34-12)21-16(25)6-3-7-17(21)31(24(20)33)15-5-2-4-13(8-15)11-28-23(32)14-9-18(26)29-19(27)10-14/h3,6-7,9-10,13,15H,2,4-5,8,11H2,1H3,(H,28,32). The minimum absolute atomic E-state index is 0.0346. The van der Waals surface area contributed by atoms with Crippen molar-refractivity contribution in [3.63, 3.8) is 0 Å². The van der Waals surface area contributed by atoms with Crippen molar-refractivity contribution in [2.75, 3.05) is 6.54 Å². The van der Waals surface area contributed by atoms with Gasteiger partial charge in [0.2, 0.25) is 0 Å². The van der Waals surface area contributed by atoms with E-state index in [9.17, 15) is 9.59 Å². The van der Waals surface area contributed by atoms with E-state index in [4.69, 9.17) is 39.3 Å². The number of nitrogens with one attached hydrogen (secondary N) is 1. The fourth-order valence-corrected chi connectivity index (χ4v) is 5.67. The summed E-state index contributed by atoms with van der Waals surface area (Å²) in [6, 6.07) is 8.46. The maximum absolute atomic E-state index is 13.6. The minimum atomic E-state index is -0.260. The quantitative estimate of drug-likeness (QED) is 0.336. The summed E-state index contributed by atoms with van der Waals surface area (Å²) in [7, 11) is 0. The van der Waals surface area contributed by atoms with Gasteiger partial charge in [0, 0.05) is 23.5 Å². The Bertz CT molecular complexity index is 1460. The Morgan fingerprint density at radius 3 is 2.71 bits per heavy atom. The van der Waals surface area contributed by atoms with Gasteiger partial charge in [-0.1, -0.05) is 52.4 Å². The summed E-state index contributed by atoms with van der Waals surface area (Å²) in [5.41, 5.74) is 1.48. The van der Waals surface area contributed by atoms with Crippen LogP contribution in [0.5, 0.6) is 0 Å². The van der Waals surface area contributed by atoms with Crippen molar-refractivity contribution < 1.29 is 9.32 Å². The highest BCUT2D eigenvalue weighted by atomic mass is 35.5. The van der Waals surface area contributed by atoms with Crippen molar-refractivity contribution >= 4 is 62.5 Å². The molecule has 3 heterocycles. The number of hydrogen-bond acceptors (Lipinski definition) is 5. The lowest BCUT2D eigenvalue weighted by Gasteiger charge is -2.31. The number of halogens is 3. The number of benzene rings is 1. The van der Waals surface area contributed by atoms with E-state index in [1.54, 1.807) is 13.0 Å². The Morgan fingerprint density at radius 2 is 1.94 bits per heavy atom. The van der Waals surface area contributed by atoms with E-state index < -0.39 is 0 Å². The molecule has 1 aliphatic carbocycles.